The third-order valence-corrected chi connectivity index (χ3v) is 6.75. The van der Waals surface area contributed by atoms with Crippen LogP contribution in [-0.2, 0) is 11.2 Å². The lowest BCUT2D eigenvalue weighted by Gasteiger charge is -2.44. The highest BCUT2D eigenvalue weighted by Crippen LogP contribution is 2.43. The van der Waals surface area contributed by atoms with Gasteiger partial charge in [-0.3, -0.25) is 14.6 Å². The van der Waals surface area contributed by atoms with E-state index in [2.05, 4.69) is 47.4 Å². The number of hydrogen-bond acceptors (Lipinski definition) is 3. The number of anilines is 1. The zero-order valence-electron chi connectivity index (χ0n) is 16.6. The summed E-state index contributed by atoms with van der Waals surface area (Å²) in [6.07, 6.45) is 2.53. The first-order chi connectivity index (χ1) is 14.7. The van der Waals surface area contributed by atoms with Crippen LogP contribution in [0.25, 0.3) is 10.8 Å². The highest BCUT2D eigenvalue weighted by Gasteiger charge is 2.43. The van der Waals surface area contributed by atoms with Gasteiger partial charge in [0.2, 0.25) is 6.41 Å². The fraction of sp³-hybridized carbons (Fsp3) is 0.280. The van der Waals surface area contributed by atoms with Crippen molar-refractivity contribution in [3.8, 4) is 6.07 Å². The van der Waals surface area contributed by atoms with Gasteiger partial charge in [0, 0.05) is 19.1 Å². The molecule has 1 atom stereocenters. The Morgan fingerprint density at radius 3 is 2.50 bits per heavy atom. The Kier molecular flexibility index (Phi) is 4.52. The number of rotatable bonds is 4. The molecule has 1 heterocycles. The number of amides is 1. The summed E-state index contributed by atoms with van der Waals surface area (Å²) in [4.78, 5) is 15.6. The molecule has 0 aromatic heterocycles. The molecule has 0 bridgehead atoms. The van der Waals surface area contributed by atoms with Gasteiger partial charge < -0.3 is 0 Å². The van der Waals surface area contributed by atoms with Gasteiger partial charge >= 0.3 is 0 Å². The summed E-state index contributed by atoms with van der Waals surface area (Å²) in [7, 11) is 0. The van der Waals surface area contributed by atoms with Gasteiger partial charge in [-0.05, 0) is 53.3 Å². The summed E-state index contributed by atoms with van der Waals surface area (Å²) in [5.41, 5.74) is 1.85. The van der Waals surface area contributed by atoms with Crippen molar-refractivity contribution in [3.05, 3.63) is 77.6 Å². The van der Waals surface area contributed by atoms with E-state index in [0.717, 1.165) is 6.42 Å². The maximum atomic E-state index is 14.4. The number of carbonyl (C=O) groups is 1. The molecule has 1 fully saturated rings. The van der Waals surface area contributed by atoms with Crippen LogP contribution in [0.3, 0.4) is 0 Å². The van der Waals surface area contributed by atoms with Crippen LogP contribution < -0.4 is 4.90 Å². The van der Waals surface area contributed by atoms with Crippen LogP contribution in [0.2, 0.25) is 0 Å². The first-order valence-electron chi connectivity index (χ1n) is 10.3. The summed E-state index contributed by atoms with van der Waals surface area (Å²) < 4.78 is 14.4. The fourth-order valence-corrected chi connectivity index (χ4v) is 5.19. The number of halogens is 1. The van der Waals surface area contributed by atoms with Crippen LogP contribution >= 0.6 is 0 Å². The maximum Gasteiger partial charge on any atom is 0.215 e. The van der Waals surface area contributed by atoms with E-state index in [0.29, 0.717) is 32.3 Å². The largest absolute Gasteiger partial charge is 0.296 e. The van der Waals surface area contributed by atoms with Gasteiger partial charge in [-0.2, -0.15) is 5.26 Å². The molecule has 4 nitrogen and oxygen atoms in total. The van der Waals surface area contributed by atoms with E-state index >= 15 is 0 Å². The maximum absolute atomic E-state index is 14.4. The number of para-hydroxylation sites is 1. The van der Waals surface area contributed by atoms with Crippen LogP contribution in [0.15, 0.2) is 60.7 Å². The van der Waals surface area contributed by atoms with Gasteiger partial charge in [-0.1, -0.05) is 48.5 Å². The van der Waals surface area contributed by atoms with Crippen LogP contribution in [0.5, 0.6) is 0 Å². The Bertz CT molecular complexity index is 1160. The number of likely N-dealkylation sites (tertiary alicyclic amines) is 1. The van der Waals surface area contributed by atoms with Crippen molar-refractivity contribution in [2.75, 3.05) is 18.0 Å². The van der Waals surface area contributed by atoms with Crippen LogP contribution in [0, 0.1) is 17.1 Å². The fourth-order valence-electron chi connectivity index (χ4n) is 5.19. The number of benzene rings is 3. The minimum atomic E-state index is -1.03. The Balaban J connectivity index is 1.41. The molecule has 1 saturated heterocycles. The Morgan fingerprint density at radius 1 is 1.07 bits per heavy atom. The highest BCUT2D eigenvalue weighted by molar-refractivity contribution is 5.91. The van der Waals surface area contributed by atoms with Crippen molar-refractivity contribution in [2.45, 2.75) is 30.8 Å². The average Bonchev–Trinajstić information content (AvgIpc) is 3.17. The first-order valence-corrected chi connectivity index (χ1v) is 10.3. The second-order valence-corrected chi connectivity index (χ2v) is 8.19. The van der Waals surface area contributed by atoms with E-state index in [1.54, 1.807) is 18.2 Å². The minimum Gasteiger partial charge on any atom is -0.296 e. The van der Waals surface area contributed by atoms with Crippen LogP contribution in [0.1, 0.15) is 30.0 Å². The number of hydrogen-bond donors (Lipinski definition) is 0. The number of carbonyl (C=O) groups excluding carboxylic acids is 1. The molecule has 150 valence electrons. The van der Waals surface area contributed by atoms with Crippen molar-refractivity contribution >= 4 is 22.9 Å². The van der Waals surface area contributed by atoms with Gasteiger partial charge in [0.05, 0.1) is 11.8 Å². The molecule has 0 radical (unpaired) electrons. The SMILES string of the molecule is N#CC1(N(C=O)c2ccccc2F)CCN(C2Cc3cccc4cccc2c34)CC1. The Hall–Kier alpha value is -3.23. The smallest absolute Gasteiger partial charge is 0.215 e. The molecular weight excluding hydrogens is 377 g/mol. The lowest BCUT2D eigenvalue weighted by Crippen LogP contribution is -2.55. The summed E-state index contributed by atoms with van der Waals surface area (Å²) in [6, 6.07) is 21.7. The minimum absolute atomic E-state index is 0.167. The van der Waals surface area contributed by atoms with Gasteiger partial charge in [0.15, 0.2) is 0 Å². The lowest BCUT2D eigenvalue weighted by atomic mass is 9.85. The molecule has 1 aliphatic heterocycles. The van der Waals surface area contributed by atoms with Crippen molar-refractivity contribution in [2.24, 2.45) is 0 Å². The molecule has 3 aromatic carbocycles. The second kappa shape index (κ2) is 7.23. The summed E-state index contributed by atoms with van der Waals surface area (Å²) in [5, 5.41) is 12.6. The molecule has 0 saturated carbocycles. The molecule has 1 amide bonds. The monoisotopic (exact) mass is 399 g/mol. The number of piperidine rings is 1. The van der Waals surface area contributed by atoms with Crippen LogP contribution in [-0.4, -0.2) is 29.9 Å². The van der Waals surface area contributed by atoms with E-state index in [-0.39, 0.29) is 11.7 Å². The molecule has 3 aromatic rings. The van der Waals surface area contributed by atoms with Gasteiger partial charge in [-0.15, -0.1) is 0 Å². The normalized spacial score (nSPS) is 20.1. The van der Waals surface area contributed by atoms with Gasteiger partial charge in [0.1, 0.15) is 11.4 Å². The zero-order valence-corrected chi connectivity index (χ0v) is 16.6. The zero-order chi connectivity index (χ0) is 20.7. The topological polar surface area (TPSA) is 47.3 Å². The van der Waals surface area contributed by atoms with Crippen molar-refractivity contribution < 1.29 is 9.18 Å². The molecule has 5 rings (SSSR count). The third-order valence-electron chi connectivity index (χ3n) is 6.75. The molecule has 0 N–H and O–H groups in total. The predicted molar refractivity (Wildman–Crippen MR) is 114 cm³/mol. The van der Waals surface area contributed by atoms with E-state index < -0.39 is 11.4 Å². The summed E-state index contributed by atoms with van der Waals surface area (Å²) >= 11 is 0. The van der Waals surface area contributed by atoms with Crippen molar-refractivity contribution in [1.29, 1.82) is 5.26 Å². The quantitative estimate of drug-likeness (QED) is 0.603. The second-order valence-electron chi connectivity index (χ2n) is 8.19. The molecule has 1 unspecified atom stereocenters. The van der Waals surface area contributed by atoms with Crippen molar-refractivity contribution in [3.63, 3.8) is 0 Å². The van der Waals surface area contributed by atoms with E-state index in [1.807, 2.05) is 0 Å². The number of nitrogens with zero attached hydrogens (tertiary/aromatic N) is 3. The van der Waals surface area contributed by atoms with Crippen molar-refractivity contribution in [1.82, 2.24) is 4.90 Å². The van der Waals surface area contributed by atoms with Gasteiger partial charge in [-0.25, -0.2) is 4.39 Å². The Labute approximate surface area is 175 Å². The molecule has 0 spiro atoms. The first kappa shape index (κ1) is 18.8. The van der Waals surface area contributed by atoms with E-state index in [1.165, 1.54) is 32.9 Å². The molecule has 30 heavy (non-hydrogen) atoms. The Morgan fingerprint density at radius 2 is 1.80 bits per heavy atom. The van der Waals surface area contributed by atoms with E-state index in [9.17, 15) is 14.4 Å². The summed E-state index contributed by atoms with van der Waals surface area (Å²) in [6.45, 7) is 1.36. The van der Waals surface area contributed by atoms with Gasteiger partial charge in [0.25, 0.3) is 0 Å². The third kappa shape index (κ3) is 2.79. The summed E-state index contributed by atoms with van der Waals surface area (Å²) in [5.74, 6) is -0.487. The predicted octanol–water partition coefficient (Wildman–Crippen LogP) is 4.60. The average molecular weight is 399 g/mol. The van der Waals surface area contributed by atoms with Crippen LogP contribution in [0.4, 0.5) is 10.1 Å². The standard InChI is InChI=1S/C25H22FN3O/c26-21-9-1-2-10-22(21)29(17-30)25(16-27)11-13-28(14-12-25)23-15-19-7-3-5-18-6-4-8-20(23)24(18)19/h1-10,17,23H,11-15H2. The molecule has 1 aliphatic carbocycles. The van der Waals surface area contributed by atoms with E-state index in [4.69, 9.17) is 0 Å². The lowest BCUT2D eigenvalue weighted by molar-refractivity contribution is -0.108. The highest BCUT2D eigenvalue weighted by atomic mass is 19.1. The molecule has 5 heteroatoms. The molecular formula is C25H22FN3O. The molecule has 2 aliphatic rings. The number of nitriles is 1.